The zero-order valence-electron chi connectivity index (χ0n) is 14.2. The van der Waals surface area contributed by atoms with Crippen LogP contribution in [-0.2, 0) is 11.3 Å². The van der Waals surface area contributed by atoms with Crippen molar-refractivity contribution in [3.63, 3.8) is 0 Å². The van der Waals surface area contributed by atoms with Crippen molar-refractivity contribution in [1.82, 2.24) is 4.90 Å². The highest BCUT2D eigenvalue weighted by molar-refractivity contribution is 6.42. The topological polar surface area (TPSA) is 29.5 Å². The van der Waals surface area contributed by atoms with Gasteiger partial charge < -0.3 is 4.74 Å². The van der Waals surface area contributed by atoms with Gasteiger partial charge in [-0.05, 0) is 48.1 Å². The number of carbonyl (C=O) groups is 1. The van der Waals surface area contributed by atoms with Gasteiger partial charge in [-0.25, -0.2) is 4.79 Å². The van der Waals surface area contributed by atoms with E-state index in [-0.39, 0.29) is 18.2 Å². The molecule has 2 aromatic rings. The van der Waals surface area contributed by atoms with Gasteiger partial charge in [0, 0.05) is 6.04 Å². The van der Waals surface area contributed by atoms with Crippen LogP contribution in [0.2, 0.25) is 10.0 Å². The number of amides is 1. The number of hydrogen-bond acceptors (Lipinski definition) is 2. The van der Waals surface area contributed by atoms with E-state index in [1.165, 1.54) is 5.57 Å². The van der Waals surface area contributed by atoms with E-state index in [2.05, 4.69) is 6.08 Å². The molecule has 2 aliphatic rings. The molecule has 134 valence electrons. The fourth-order valence-corrected chi connectivity index (χ4v) is 4.12. The predicted octanol–water partition coefficient (Wildman–Crippen LogP) is 5.95. The van der Waals surface area contributed by atoms with Crippen molar-refractivity contribution < 1.29 is 9.53 Å². The van der Waals surface area contributed by atoms with Crippen LogP contribution in [-0.4, -0.2) is 23.1 Å². The number of nitrogens with zero attached hydrogens (tertiary/aromatic N) is 1. The third kappa shape index (κ3) is 3.46. The third-order valence-corrected chi connectivity index (χ3v) is 5.84. The Labute approximate surface area is 163 Å². The molecule has 0 spiro atoms. The maximum absolute atomic E-state index is 12.6. The summed E-state index contributed by atoms with van der Waals surface area (Å²) >= 11 is 12.2. The van der Waals surface area contributed by atoms with Gasteiger partial charge in [-0.15, -0.1) is 0 Å². The molecule has 5 heteroatoms. The van der Waals surface area contributed by atoms with Gasteiger partial charge in [-0.1, -0.05) is 65.7 Å². The molecule has 1 amide bonds. The van der Waals surface area contributed by atoms with E-state index < -0.39 is 0 Å². The average Bonchev–Trinajstić information content (AvgIpc) is 2.92. The van der Waals surface area contributed by atoms with Crippen LogP contribution in [0.3, 0.4) is 0 Å². The van der Waals surface area contributed by atoms with Crippen LogP contribution in [0.5, 0.6) is 0 Å². The highest BCUT2D eigenvalue weighted by atomic mass is 35.5. The summed E-state index contributed by atoms with van der Waals surface area (Å²) in [5, 5.41) is 1.11. The second-order valence-electron chi connectivity index (χ2n) is 6.77. The molecule has 1 fully saturated rings. The zero-order valence-corrected chi connectivity index (χ0v) is 15.7. The Hall–Kier alpha value is -1.97. The van der Waals surface area contributed by atoms with E-state index in [0.717, 1.165) is 30.4 Å². The standard InChI is InChI=1S/C21H19Cl2NO2/c22-19-9-6-15(12-20(19)23)16-10-17-7-8-18(11-16)24(17)21(25)26-13-14-4-2-1-3-5-14/h1-6,9-10,12,17-18H,7-8,11,13H2. The van der Waals surface area contributed by atoms with E-state index in [0.29, 0.717) is 16.7 Å². The molecule has 2 aliphatic heterocycles. The first-order valence-electron chi connectivity index (χ1n) is 8.77. The lowest BCUT2D eigenvalue weighted by molar-refractivity contribution is 0.0832. The van der Waals surface area contributed by atoms with E-state index in [4.69, 9.17) is 27.9 Å². The van der Waals surface area contributed by atoms with Crippen molar-refractivity contribution in [2.45, 2.75) is 38.0 Å². The summed E-state index contributed by atoms with van der Waals surface area (Å²) in [6, 6.07) is 15.7. The number of carbonyl (C=O) groups excluding carboxylic acids is 1. The number of halogens is 2. The molecular formula is C21H19Cl2NO2. The van der Waals surface area contributed by atoms with Crippen LogP contribution in [0.4, 0.5) is 4.79 Å². The van der Waals surface area contributed by atoms with Crippen molar-refractivity contribution in [2.75, 3.05) is 0 Å². The van der Waals surface area contributed by atoms with Gasteiger partial charge >= 0.3 is 6.09 Å². The molecule has 2 atom stereocenters. The molecule has 2 unspecified atom stereocenters. The molecule has 0 N–H and O–H groups in total. The second-order valence-corrected chi connectivity index (χ2v) is 7.59. The molecular weight excluding hydrogens is 369 g/mol. The number of fused-ring (bicyclic) bond motifs is 2. The Bertz CT molecular complexity index is 850. The van der Waals surface area contributed by atoms with E-state index >= 15 is 0 Å². The second kappa shape index (κ2) is 7.34. The molecule has 0 aliphatic carbocycles. The van der Waals surface area contributed by atoms with Crippen molar-refractivity contribution in [3.05, 3.63) is 75.8 Å². The average molecular weight is 388 g/mol. The predicted molar refractivity (Wildman–Crippen MR) is 104 cm³/mol. The molecule has 26 heavy (non-hydrogen) atoms. The highest BCUT2D eigenvalue weighted by Crippen LogP contribution is 2.40. The maximum atomic E-state index is 12.6. The minimum atomic E-state index is -0.231. The van der Waals surface area contributed by atoms with E-state index in [9.17, 15) is 4.79 Å². The Morgan fingerprint density at radius 3 is 2.62 bits per heavy atom. The molecule has 0 radical (unpaired) electrons. The van der Waals surface area contributed by atoms with Gasteiger partial charge in [0.05, 0.1) is 16.1 Å². The van der Waals surface area contributed by atoms with Gasteiger partial charge in [-0.3, -0.25) is 4.90 Å². The summed E-state index contributed by atoms with van der Waals surface area (Å²) < 4.78 is 5.54. The molecule has 4 rings (SSSR count). The van der Waals surface area contributed by atoms with Gasteiger partial charge in [-0.2, -0.15) is 0 Å². The smallest absolute Gasteiger partial charge is 0.410 e. The van der Waals surface area contributed by atoms with Gasteiger partial charge in [0.1, 0.15) is 6.61 Å². The number of ether oxygens (including phenoxy) is 1. The van der Waals surface area contributed by atoms with E-state index in [1.54, 1.807) is 0 Å². The SMILES string of the molecule is O=C(OCc1ccccc1)N1C2C=C(c3ccc(Cl)c(Cl)c3)CC1CC2. The van der Waals surface area contributed by atoms with Crippen LogP contribution >= 0.6 is 23.2 Å². The first-order chi connectivity index (χ1) is 12.6. The van der Waals surface area contributed by atoms with Crippen LogP contribution in [0.1, 0.15) is 30.4 Å². The Kier molecular flexibility index (Phi) is 4.92. The third-order valence-electron chi connectivity index (χ3n) is 5.10. The normalized spacial score (nSPS) is 21.5. The molecule has 2 bridgehead atoms. The largest absolute Gasteiger partial charge is 0.445 e. The number of rotatable bonds is 3. The first kappa shape index (κ1) is 17.4. The quantitative estimate of drug-likeness (QED) is 0.650. The van der Waals surface area contributed by atoms with Crippen LogP contribution in [0.15, 0.2) is 54.6 Å². The Morgan fingerprint density at radius 1 is 1.08 bits per heavy atom. The van der Waals surface area contributed by atoms with Crippen LogP contribution in [0.25, 0.3) is 5.57 Å². The lowest BCUT2D eigenvalue weighted by Gasteiger charge is -2.33. The van der Waals surface area contributed by atoms with Crippen molar-refractivity contribution in [2.24, 2.45) is 0 Å². The number of benzene rings is 2. The summed E-state index contributed by atoms with van der Waals surface area (Å²) in [6.45, 7) is 0.305. The fraction of sp³-hybridized carbons (Fsp3) is 0.286. The van der Waals surface area contributed by atoms with Crippen molar-refractivity contribution in [1.29, 1.82) is 0 Å². The van der Waals surface area contributed by atoms with Gasteiger partial charge in [0.15, 0.2) is 0 Å². The zero-order chi connectivity index (χ0) is 18.1. The lowest BCUT2D eigenvalue weighted by Crippen LogP contribution is -2.43. The highest BCUT2D eigenvalue weighted by Gasteiger charge is 2.40. The molecule has 3 nitrogen and oxygen atoms in total. The monoisotopic (exact) mass is 387 g/mol. The maximum Gasteiger partial charge on any atom is 0.410 e. The summed E-state index contributed by atoms with van der Waals surface area (Å²) in [7, 11) is 0. The molecule has 2 heterocycles. The lowest BCUT2D eigenvalue weighted by atomic mass is 9.95. The molecule has 0 saturated carbocycles. The number of hydrogen-bond donors (Lipinski definition) is 0. The van der Waals surface area contributed by atoms with Crippen molar-refractivity contribution >= 4 is 34.9 Å². The molecule has 2 aromatic carbocycles. The Balaban J connectivity index is 1.47. The fourth-order valence-electron chi connectivity index (χ4n) is 3.82. The summed E-state index contributed by atoms with van der Waals surface area (Å²) in [5.41, 5.74) is 3.30. The molecule has 0 aromatic heterocycles. The van der Waals surface area contributed by atoms with Gasteiger partial charge in [0.25, 0.3) is 0 Å². The summed E-state index contributed by atoms with van der Waals surface area (Å²) in [4.78, 5) is 14.5. The minimum Gasteiger partial charge on any atom is -0.445 e. The van der Waals surface area contributed by atoms with Crippen LogP contribution < -0.4 is 0 Å². The van der Waals surface area contributed by atoms with E-state index in [1.807, 2.05) is 53.4 Å². The first-order valence-corrected chi connectivity index (χ1v) is 9.52. The minimum absolute atomic E-state index is 0.0847. The Morgan fingerprint density at radius 2 is 1.88 bits per heavy atom. The molecule has 1 saturated heterocycles. The summed E-state index contributed by atoms with van der Waals surface area (Å²) in [5.74, 6) is 0. The van der Waals surface area contributed by atoms with Gasteiger partial charge in [0.2, 0.25) is 0 Å². The van der Waals surface area contributed by atoms with Crippen LogP contribution in [0, 0.1) is 0 Å². The summed E-state index contributed by atoms with van der Waals surface area (Å²) in [6.07, 6.45) is 4.72. The van der Waals surface area contributed by atoms with Crippen molar-refractivity contribution in [3.8, 4) is 0 Å².